The maximum Gasteiger partial charge on any atom is 0.345 e. The van der Waals surface area contributed by atoms with Crippen molar-refractivity contribution in [1.82, 2.24) is 9.55 Å². The molecule has 11 nitrogen and oxygen atoms in total. The average molecular weight is 475 g/mol. The van der Waals surface area contributed by atoms with Crippen molar-refractivity contribution < 1.29 is 28.8 Å². The summed E-state index contributed by atoms with van der Waals surface area (Å²) >= 11 is 0. The van der Waals surface area contributed by atoms with E-state index in [4.69, 9.17) is 9.47 Å². The molecule has 2 aromatic rings. The van der Waals surface area contributed by atoms with E-state index in [0.29, 0.717) is 12.4 Å². The highest BCUT2D eigenvalue weighted by Crippen LogP contribution is 2.24. The Kier molecular flexibility index (Phi) is 10.2. The van der Waals surface area contributed by atoms with Crippen LogP contribution >= 0.6 is 0 Å². The minimum Gasteiger partial charge on any atom is -0.466 e. The Morgan fingerprint density at radius 2 is 1.82 bits per heavy atom. The van der Waals surface area contributed by atoms with Crippen molar-refractivity contribution in [2.75, 3.05) is 18.5 Å². The minimum atomic E-state index is -0.968. The second-order valence-electron chi connectivity index (χ2n) is 7.41. The van der Waals surface area contributed by atoms with Gasteiger partial charge in [0.1, 0.15) is 17.8 Å². The number of esters is 2. The molecule has 184 valence electrons. The fourth-order valence-corrected chi connectivity index (χ4v) is 3.38. The number of rotatable bonds is 13. The molecule has 1 N–H and O–H groups in total. The Balaban J connectivity index is 2.33. The summed E-state index contributed by atoms with van der Waals surface area (Å²) in [4.78, 5) is 52.4. The summed E-state index contributed by atoms with van der Waals surface area (Å²) in [5, 5.41) is 14.0. The largest absolute Gasteiger partial charge is 0.466 e. The number of hydrogen-bond donors (Lipinski definition) is 1. The van der Waals surface area contributed by atoms with Gasteiger partial charge in [-0.25, -0.2) is 9.78 Å². The molecule has 0 unspecified atom stereocenters. The van der Waals surface area contributed by atoms with E-state index in [1.807, 2.05) is 0 Å². The molecule has 0 saturated heterocycles. The van der Waals surface area contributed by atoms with Gasteiger partial charge in [-0.1, -0.05) is 32.3 Å². The van der Waals surface area contributed by atoms with Gasteiger partial charge in [-0.2, -0.15) is 0 Å². The first-order valence-corrected chi connectivity index (χ1v) is 11.3. The fraction of sp³-hybridized carbons (Fsp3) is 0.478. The maximum atomic E-state index is 13.0. The zero-order valence-electron chi connectivity index (χ0n) is 19.7. The Morgan fingerprint density at radius 3 is 2.47 bits per heavy atom. The third kappa shape index (κ3) is 7.12. The Morgan fingerprint density at radius 1 is 1.09 bits per heavy atom. The molecule has 0 radical (unpaired) electrons. The number of aryl methyl sites for hydroxylation is 1. The molecule has 1 amide bonds. The van der Waals surface area contributed by atoms with Crippen molar-refractivity contribution in [2.45, 2.75) is 59.4 Å². The topological polar surface area (TPSA) is 143 Å². The molecule has 2 rings (SSSR count). The number of carbonyl (C=O) groups excluding carboxylic acids is 3. The lowest BCUT2D eigenvalue weighted by Crippen LogP contribution is -2.19. The highest BCUT2D eigenvalue weighted by molar-refractivity contribution is 6.12. The van der Waals surface area contributed by atoms with Crippen LogP contribution in [0.1, 0.15) is 73.0 Å². The van der Waals surface area contributed by atoms with Gasteiger partial charge in [-0.05, 0) is 26.3 Å². The van der Waals surface area contributed by atoms with E-state index in [-0.39, 0.29) is 31.0 Å². The van der Waals surface area contributed by atoms with Crippen molar-refractivity contribution in [3.63, 3.8) is 0 Å². The second-order valence-corrected chi connectivity index (χ2v) is 7.41. The number of nitrogens with zero attached hydrogens (tertiary/aromatic N) is 3. The van der Waals surface area contributed by atoms with Gasteiger partial charge in [-0.3, -0.25) is 19.7 Å². The van der Waals surface area contributed by atoms with E-state index in [2.05, 4.69) is 17.2 Å². The molecule has 0 bridgehead atoms. The van der Waals surface area contributed by atoms with Gasteiger partial charge in [0.05, 0.1) is 23.7 Å². The number of hydrogen-bond acceptors (Lipinski definition) is 8. The molecule has 1 heterocycles. The Hall–Kier alpha value is -3.76. The predicted molar refractivity (Wildman–Crippen MR) is 124 cm³/mol. The van der Waals surface area contributed by atoms with Gasteiger partial charge in [0, 0.05) is 18.8 Å². The highest BCUT2D eigenvalue weighted by atomic mass is 16.6. The van der Waals surface area contributed by atoms with Crippen LogP contribution in [0.5, 0.6) is 0 Å². The quantitative estimate of drug-likeness (QED) is 0.199. The number of nitro benzene ring substituents is 1. The SMILES string of the molecule is CCCCCCn1cc(NC(=O)c2cccc([N+](=O)[O-])c2C(=O)OCC)nc1CC(=O)OCC. The van der Waals surface area contributed by atoms with Crippen LogP contribution in [0.4, 0.5) is 11.5 Å². The van der Waals surface area contributed by atoms with Crippen LogP contribution < -0.4 is 5.32 Å². The van der Waals surface area contributed by atoms with Crippen LogP contribution in [-0.2, 0) is 27.2 Å². The summed E-state index contributed by atoms with van der Waals surface area (Å²) in [5.74, 6) is -1.59. The van der Waals surface area contributed by atoms with Crippen LogP contribution in [0.3, 0.4) is 0 Å². The zero-order valence-corrected chi connectivity index (χ0v) is 19.7. The van der Waals surface area contributed by atoms with Crippen LogP contribution in [0.2, 0.25) is 0 Å². The number of ether oxygens (including phenoxy) is 2. The molecule has 0 aliphatic heterocycles. The monoisotopic (exact) mass is 474 g/mol. The molecule has 0 saturated carbocycles. The number of nitrogens with one attached hydrogen (secondary N) is 1. The first-order chi connectivity index (χ1) is 16.3. The summed E-state index contributed by atoms with van der Waals surface area (Å²) in [6, 6.07) is 3.75. The van der Waals surface area contributed by atoms with Crippen LogP contribution in [0, 0.1) is 10.1 Å². The van der Waals surface area contributed by atoms with Gasteiger partial charge in [0.2, 0.25) is 0 Å². The third-order valence-electron chi connectivity index (χ3n) is 4.92. The smallest absolute Gasteiger partial charge is 0.345 e. The minimum absolute atomic E-state index is 0.00834. The van der Waals surface area contributed by atoms with E-state index in [1.165, 1.54) is 12.1 Å². The van der Waals surface area contributed by atoms with Gasteiger partial charge >= 0.3 is 11.9 Å². The molecule has 0 spiro atoms. The first-order valence-electron chi connectivity index (χ1n) is 11.3. The molecular weight excluding hydrogens is 444 g/mol. The lowest BCUT2D eigenvalue weighted by atomic mass is 10.0. The molecule has 0 aliphatic rings. The van der Waals surface area contributed by atoms with E-state index < -0.39 is 34.0 Å². The normalized spacial score (nSPS) is 10.6. The Labute approximate surface area is 197 Å². The van der Waals surface area contributed by atoms with Crippen molar-refractivity contribution in [2.24, 2.45) is 0 Å². The van der Waals surface area contributed by atoms with Gasteiger partial charge < -0.3 is 19.4 Å². The number of amides is 1. The summed E-state index contributed by atoms with van der Waals surface area (Å²) in [6.45, 7) is 6.21. The van der Waals surface area contributed by atoms with E-state index in [0.717, 1.165) is 31.7 Å². The fourth-order valence-electron chi connectivity index (χ4n) is 3.38. The van der Waals surface area contributed by atoms with Crippen molar-refractivity contribution >= 4 is 29.4 Å². The molecule has 0 atom stereocenters. The molecule has 0 fully saturated rings. The van der Waals surface area contributed by atoms with Crippen LogP contribution in [-0.4, -0.2) is 45.5 Å². The summed E-state index contributed by atoms with van der Waals surface area (Å²) in [6.07, 6.45) is 5.56. The standard InChI is InChI=1S/C23H30N4O7/c1-4-7-8-9-13-26-15-18(24-19(26)14-20(28)33-5-2)25-22(29)16-11-10-12-17(27(31)32)21(16)23(30)34-6-3/h10-12,15H,4-9,13-14H2,1-3H3,(H,25,29). The van der Waals surface area contributed by atoms with Gasteiger partial charge in [-0.15, -0.1) is 0 Å². The lowest BCUT2D eigenvalue weighted by molar-refractivity contribution is -0.385. The molecule has 0 aliphatic carbocycles. The number of carbonyl (C=O) groups is 3. The van der Waals surface area contributed by atoms with Crippen molar-refractivity contribution in [3.8, 4) is 0 Å². The number of imidazole rings is 1. The van der Waals surface area contributed by atoms with Crippen molar-refractivity contribution in [1.29, 1.82) is 0 Å². The lowest BCUT2D eigenvalue weighted by Gasteiger charge is -2.09. The molecular formula is C23H30N4O7. The Bertz CT molecular complexity index is 1030. The summed E-state index contributed by atoms with van der Waals surface area (Å²) in [7, 11) is 0. The summed E-state index contributed by atoms with van der Waals surface area (Å²) in [5.41, 5.74) is -1.18. The summed E-state index contributed by atoms with van der Waals surface area (Å²) < 4.78 is 11.7. The second kappa shape index (κ2) is 13.1. The van der Waals surface area contributed by atoms with Crippen molar-refractivity contribution in [3.05, 3.63) is 51.5 Å². The van der Waals surface area contributed by atoms with Gasteiger partial charge in [0.15, 0.2) is 5.82 Å². The van der Waals surface area contributed by atoms with Crippen LogP contribution in [0.15, 0.2) is 24.4 Å². The molecule has 1 aromatic carbocycles. The maximum absolute atomic E-state index is 13.0. The number of nitro groups is 1. The number of aromatic nitrogens is 2. The van der Waals surface area contributed by atoms with E-state index >= 15 is 0 Å². The molecule has 1 aromatic heterocycles. The third-order valence-corrected chi connectivity index (χ3v) is 4.92. The van der Waals surface area contributed by atoms with Crippen LogP contribution in [0.25, 0.3) is 0 Å². The van der Waals surface area contributed by atoms with E-state index in [9.17, 15) is 24.5 Å². The average Bonchev–Trinajstić information content (AvgIpc) is 3.16. The zero-order chi connectivity index (χ0) is 25.1. The molecule has 34 heavy (non-hydrogen) atoms. The van der Waals surface area contributed by atoms with Gasteiger partial charge in [0.25, 0.3) is 11.6 Å². The first kappa shape index (κ1) is 26.5. The number of benzene rings is 1. The highest BCUT2D eigenvalue weighted by Gasteiger charge is 2.28. The predicted octanol–water partition coefficient (Wildman–Crippen LogP) is 3.91. The number of anilines is 1. The van der Waals surface area contributed by atoms with E-state index in [1.54, 1.807) is 24.6 Å². The molecule has 11 heteroatoms. The number of unbranched alkanes of at least 4 members (excludes halogenated alkanes) is 3.